The number of hydrogen-bond donors (Lipinski definition) is 2. The van der Waals surface area contributed by atoms with E-state index in [4.69, 9.17) is 0 Å². The van der Waals surface area contributed by atoms with E-state index in [1.807, 2.05) is 7.05 Å². The number of guanidine groups is 1. The second-order valence-corrected chi connectivity index (χ2v) is 6.98. The highest BCUT2D eigenvalue weighted by Crippen LogP contribution is 2.09. The average Bonchev–Trinajstić information content (AvgIpc) is 2.67. The lowest BCUT2D eigenvalue weighted by Crippen LogP contribution is -2.38. The van der Waals surface area contributed by atoms with E-state index >= 15 is 0 Å². The van der Waals surface area contributed by atoms with E-state index in [0.717, 1.165) is 31.9 Å². The van der Waals surface area contributed by atoms with E-state index in [2.05, 4.69) is 50.9 Å². The molecule has 1 saturated heterocycles. The molecule has 0 spiro atoms. The van der Waals surface area contributed by atoms with Gasteiger partial charge in [-0.1, -0.05) is 43.2 Å². The van der Waals surface area contributed by atoms with Crippen molar-refractivity contribution in [3.05, 3.63) is 35.9 Å². The fourth-order valence-corrected chi connectivity index (χ4v) is 3.39. The van der Waals surface area contributed by atoms with Crippen LogP contribution in [0.5, 0.6) is 0 Å². The standard InChI is InChI=1S/C21H36N4/c1-22-21(24-16-11-14-20-12-5-2-6-13-20)23-15-7-3-8-17-25-18-9-4-10-19-25/h2,5-6,12-13H,3-4,7-11,14-19H2,1H3,(H2,22,23,24). The highest BCUT2D eigenvalue weighted by Gasteiger charge is 2.08. The van der Waals surface area contributed by atoms with E-state index < -0.39 is 0 Å². The molecule has 1 heterocycles. The summed E-state index contributed by atoms with van der Waals surface area (Å²) in [5.74, 6) is 0.934. The number of nitrogens with zero attached hydrogens (tertiary/aromatic N) is 2. The summed E-state index contributed by atoms with van der Waals surface area (Å²) in [7, 11) is 1.85. The Morgan fingerprint density at radius 1 is 0.920 bits per heavy atom. The molecule has 1 aliphatic rings. The molecule has 0 aliphatic carbocycles. The number of unbranched alkanes of at least 4 members (excludes halogenated alkanes) is 2. The van der Waals surface area contributed by atoms with Crippen molar-refractivity contribution in [3.63, 3.8) is 0 Å². The number of aryl methyl sites for hydroxylation is 1. The summed E-state index contributed by atoms with van der Waals surface area (Å²) >= 11 is 0. The Morgan fingerprint density at radius 3 is 2.36 bits per heavy atom. The maximum absolute atomic E-state index is 4.31. The molecule has 0 radical (unpaired) electrons. The third-order valence-electron chi connectivity index (χ3n) is 4.89. The summed E-state index contributed by atoms with van der Waals surface area (Å²) in [6.07, 6.45) is 10.3. The molecule has 2 rings (SSSR count). The van der Waals surface area contributed by atoms with Crippen molar-refractivity contribution in [2.45, 2.75) is 51.4 Å². The van der Waals surface area contributed by atoms with Crippen LogP contribution in [-0.4, -0.2) is 50.6 Å². The van der Waals surface area contributed by atoms with Crippen LogP contribution in [0, 0.1) is 0 Å². The van der Waals surface area contributed by atoms with Gasteiger partial charge in [-0.2, -0.15) is 0 Å². The monoisotopic (exact) mass is 344 g/mol. The first kappa shape index (κ1) is 19.8. The maximum Gasteiger partial charge on any atom is 0.190 e. The molecule has 1 aromatic carbocycles. The third kappa shape index (κ3) is 8.92. The number of aliphatic imine (C=N–C) groups is 1. The van der Waals surface area contributed by atoms with Crippen molar-refractivity contribution in [3.8, 4) is 0 Å². The summed E-state index contributed by atoms with van der Waals surface area (Å²) < 4.78 is 0. The van der Waals surface area contributed by atoms with Crippen LogP contribution in [0.15, 0.2) is 35.3 Å². The number of nitrogens with one attached hydrogen (secondary N) is 2. The van der Waals surface area contributed by atoms with Gasteiger partial charge < -0.3 is 15.5 Å². The topological polar surface area (TPSA) is 39.7 Å². The molecule has 0 saturated carbocycles. The number of hydrogen-bond acceptors (Lipinski definition) is 2. The SMILES string of the molecule is CN=C(NCCCCCN1CCCCC1)NCCCc1ccccc1. The average molecular weight is 345 g/mol. The molecule has 4 heteroatoms. The molecule has 0 unspecified atom stereocenters. The van der Waals surface area contributed by atoms with E-state index in [-0.39, 0.29) is 0 Å². The van der Waals surface area contributed by atoms with Gasteiger partial charge in [-0.15, -0.1) is 0 Å². The quantitative estimate of drug-likeness (QED) is 0.388. The zero-order valence-electron chi connectivity index (χ0n) is 16.0. The molecule has 1 aromatic rings. The fraction of sp³-hybridized carbons (Fsp3) is 0.667. The molecule has 1 aliphatic heterocycles. The lowest BCUT2D eigenvalue weighted by molar-refractivity contribution is 0.224. The van der Waals surface area contributed by atoms with Crippen molar-refractivity contribution in [1.29, 1.82) is 0 Å². The summed E-state index contributed by atoms with van der Waals surface area (Å²) in [6, 6.07) is 10.7. The molecular formula is C21H36N4. The Hall–Kier alpha value is -1.55. The summed E-state index contributed by atoms with van der Waals surface area (Å²) in [5.41, 5.74) is 1.40. The van der Waals surface area contributed by atoms with Gasteiger partial charge in [0, 0.05) is 20.1 Å². The summed E-state index contributed by atoms with van der Waals surface area (Å²) in [4.78, 5) is 6.94. The van der Waals surface area contributed by atoms with E-state index in [1.165, 1.54) is 63.7 Å². The van der Waals surface area contributed by atoms with Crippen molar-refractivity contribution in [2.75, 3.05) is 39.8 Å². The molecule has 0 atom stereocenters. The van der Waals surface area contributed by atoms with Crippen LogP contribution >= 0.6 is 0 Å². The van der Waals surface area contributed by atoms with E-state index in [1.54, 1.807) is 0 Å². The predicted octanol–water partition coefficient (Wildman–Crippen LogP) is 3.44. The zero-order chi connectivity index (χ0) is 17.6. The van der Waals surface area contributed by atoms with Gasteiger partial charge in [0.2, 0.25) is 0 Å². The molecular weight excluding hydrogens is 308 g/mol. The van der Waals surface area contributed by atoms with Crippen LogP contribution in [0.25, 0.3) is 0 Å². The number of likely N-dealkylation sites (tertiary alicyclic amines) is 1. The lowest BCUT2D eigenvalue weighted by Gasteiger charge is -2.26. The van der Waals surface area contributed by atoms with Crippen molar-refractivity contribution < 1.29 is 0 Å². The molecule has 2 N–H and O–H groups in total. The van der Waals surface area contributed by atoms with Crippen LogP contribution in [-0.2, 0) is 6.42 Å². The Labute approximate surface area is 154 Å². The van der Waals surface area contributed by atoms with Gasteiger partial charge in [-0.05, 0) is 63.7 Å². The molecule has 0 amide bonds. The molecule has 0 aromatic heterocycles. The third-order valence-corrected chi connectivity index (χ3v) is 4.89. The molecule has 4 nitrogen and oxygen atoms in total. The summed E-state index contributed by atoms with van der Waals surface area (Å²) in [6.45, 7) is 5.89. The first-order valence-electron chi connectivity index (χ1n) is 10.1. The van der Waals surface area contributed by atoms with E-state index in [0.29, 0.717) is 0 Å². The minimum Gasteiger partial charge on any atom is -0.356 e. The van der Waals surface area contributed by atoms with Gasteiger partial charge in [0.1, 0.15) is 0 Å². The minimum atomic E-state index is 0.934. The molecule has 140 valence electrons. The van der Waals surface area contributed by atoms with E-state index in [9.17, 15) is 0 Å². The summed E-state index contributed by atoms with van der Waals surface area (Å²) in [5, 5.41) is 6.84. The van der Waals surface area contributed by atoms with Crippen LogP contribution in [0.2, 0.25) is 0 Å². The maximum atomic E-state index is 4.31. The second-order valence-electron chi connectivity index (χ2n) is 6.98. The smallest absolute Gasteiger partial charge is 0.190 e. The van der Waals surface area contributed by atoms with Gasteiger partial charge in [-0.25, -0.2) is 0 Å². The molecule has 0 bridgehead atoms. The predicted molar refractivity (Wildman–Crippen MR) is 108 cm³/mol. The fourth-order valence-electron chi connectivity index (χ4n) is 3.39. The Morgan fingerprint density at radius 2 is 1.64 bits per heavy atom. The van der Waals surface area contributed by atoms with Crippen LogP contribution in [0.4, 0.5) is 0 Å². The molecule has 25 heavy (non-hydrogen) atoms. The second kappa shape index (κ2) is 12.8. The van der Waals surface area contributed by atoms with Gasteiger partial charge in [0.25, 0.3) is 0 Å². The largest absolute Gasteiger partial charge is 0.356 e. The normalized spacial score (nSPS) is 16.0. The highest BCUT2D eigenvalue weighted by atomic mass is 15.2. The zero-order valence-corrected chi connectivity index (χ0v) is 16.0. The lowest BCUT2D eigenvalue weighted by atomic mass is 10.1. The van der Waals surface area contributed by atoms with Gasteiger partial charge in [0.05, 0.1) is 0 Å². The van der Waals surface area contributed by atoms with Crippen molar-refractivity contribution in [2.24, 2.45) is 4.99 Å². The van der Waals surface area contributed by atoms with Crippen LogP contribution < -0.4 is 10.6 Å². The first-order valence-corrected chi connectivity index (χ1v) is 10.1. The Bertz CT molecular complexity index is 466. The first-order chi connectivity index (χ1) is 12.4. The number of benzene rings is 1. The van der Waals surface area contributed by atoms with Gasteiger partial charge >= 0.3 is 0 Å². The highest BCUT2D eigenvalue weighted by molar-refractivity contribution is 5.79. The minimum absolute atomic E-state index is 0.934. The van der Waals surface area contributed by atoms with Crippen molar-refractivity contribution in [1.82, 2.24) is 15.5 Å². The number of piperidine rings is 1. The molecule has 1 fully saturated rings. The Kier molecular flexibility index (Phi) is 10.1. The van der Waals surface area contributed by atoms with Crippen LogP contribution in [0.3, 0.4) is 0 Å². The van der Waals surface area contributed by atoms with Gasteiger partial charge in [0.15, 0.2) is 5.96 Å². The Balaban J connectivity index is 1.44. The van der Waals surface area contributed by atoms with Crippen molar-refractivity contribution >= 4 is 5.96 Å². The van der Waals surface area contributed by atoms with Crippen LogP contribution in [0.1, 0.15) is 50.5 Å². The number of rotatable bonds is 10. The van der Waals surface area contributed by atoms with Gasteiger partial charge in [-0.3, -0.25) is 4.99 Å².